The van der Waals surface area contributed by atoms with Crippen LogP contribution in [0.5, 0.6) is 0 Å². The molecule has 1 heterocycles. The topological polar surface area (TPSA) is 65.1 Å². The minimum atomic E-state index is 0.804. The van der Waals surface area contributed by atoms with E-state index in [0.29, 0.717) is 0 Å². The second-order valence-corrected chi connectivity index (χ2v) is 5.35. The Kier molecular flexibility index (Phi) is 6.74. The van der Waals surface area contributed by atoms with Crippen molar-refractivity contribution in [3.63, 3.8) is 0 Å². The molecule has 22 heavy (non-hydrogen) atoms. The lowest BCUT2D eigenvalue weighted by atomic mass is 10.3. The van der Waals surface area contributed by atoms with Crippen molar-refractivity contribution in [1.82, 2.24) is 20.6 Å². The van der Waals surface area contributed by atoms with E-state index < -0.39 is 0 Å². The molecule has 0 aliphatic carbocycles. The maximum atomic E-state index is 4.61. The molecule has 0 unspecified atom stereocenters. The summed E-state index contributed by atoms with van der Waals surface area (Å²) in [6, 6.07) is 8.14. The largest absolute Gasteiger partial charge is 0.357 e. The normalized spacial score (nSPS) is 11.8. The Morgan fingerprint density at radius 2 is 2.05 bits per heavy atom. The summed E-state index contributed by atoms with van der Waals surface area (Å²) in [6.07, 6.45) is 4.28. The highest BCUT2D eigenvalue weighted by Crippen LogP contribution is 2.11. The second-order valence-electron chi connectivity index (χ2n) is 5.35. The average Bonchev–Trinajstić information content (AvgIpc) is 2.94. The van der Waals surface area contributed by atoms with Gasteiger partial charge in [-0.05, 0) is 31.9 Å². The maximum absolute atomic E-state index is 4.61. The quantitative estimate of drug-likeness (QED) is 0.399. The number of nitrogens with zero attached hydrogens (tertiary/aromatic N) is 2. The maximum Gasteiger partial charge on any atom is 0.191 e. The van der Waals surface area contributed by atoms with Crippen molar-refractivity contribution in [3.05, 3.63) is 30.1 Å². The van der Waals surface area contributed by atoms with Gasteiger partial charge < -0.3 is 15.6 Å². The van der Waals surface area contributed by atoms with Gasteiger partial charge in [-0.2, -0.15) is 0 Å². The van der Waals surface area contributed by atoms with Gasteiger partial charge in [0.2, 0.25) is 0 Å². The van der Waals surface area contributed by atoms with Crippen LogP contribution in [0.3, 0.4) is 0 Å². The number of hydrogen-bond acceptors (Lipinski definition) is 2. The second kappa shape index (κ2) is 9.07. The molecule has 1 aromatic heterocycles. The minimum absolute atomic E-state index is 0.804. The molecule has 0 fully saturated rings. The van der Waals surface area contributed by atoms with Gasteiger partial charge in [0.05, 0.1) is 11.0 Å². The van der Waals surface area contributed by atoms with Crippen molar-refractivity contribution in [2.75, 3.05) is 19.6 Å². The van der Waals surface area contributed by atoms with E-state index in [0.717, 1.165) is 55.3 Å². The lowest BCUT2D eigenvalue weighted by molar-refractivity contribution is 0.723. The summed E-state index contributed by atoms with van der Waals surface area (Å²) in [6.45, 7) is 6.95. The Morgan fingerprint density at radius 3 is 2.82 bits per heavy atom. The molecule has 0 spiro atoms. The summed E-state index contributed by atoms with van der Waals surface area (Å²) in [5.41, 5.74) is 2.14. The zero-order chi connectivity index (χ0) is 15.6. The first kappa shape index (κ1) is 16.3. The molecule has 5 nitrogen and oxygen atoms in total. The van der Waals surface area contributed by atoms with E-state index >= 15 is 0 Å². The number of aryl methyl sites for hydroxylation is 1. The highest BCUT2D eigenvalue weighted by Gasteiger charge is 2.01. The van der Waals surface area contributed by atoms with Gasteiger partial charge in [-0.1, -0.05) is 25.5 Å². The third-order valence-corrected chi connectivity index (χ3v) is 3.45. The third kappa shape index (κ3) is 5.06. The Labute approximate surface area is 132 Å². The van der Waals surface area contributed by atoms with E-state index in [4.69, 9.17) is 0 Å². The van der Waals surface area contributed by atoms with Crippen LogP contribution in [0.4, 0.5) is 0 Å². The molecule has 2 aromatic rings. The van der Waals surface area contributed by atoms with Crippen molar-refractivity contribution in [2.45, 2.75) is 39.5 Å². The summed E-state index contributed by atoms with van der Waals surface area (Å²) in [4.78, 5) is 12.6. The van der Waals surface area contributed by atoms with Gasteiger partial charge in [-0.15, -0.1) is 0 Å². The van der Waals surface area contributed by atoms with Crippen molar-refractivity contribution in [3.8, 4) is 0 Å². The van der Waals surface area contributed by atoms with E-state index in [1.807, 2.05) is 18.2 Å². The number of aromatic nitrogens is 2. The van der Waals surface area contributed by atoms with Gasteiger partial charge in [-0.3, -0.25) is 4.99 Å². The molecule has 120 valence electrons. The van der Waals surface area contributed by atoms with Gasteiger partial charge in [0.15, 0.2) is 5.96 Å². The van der Waals surface area contributed by atoms with E-state index in [1.165, 1.54) is 12.8 Å². The monoisotopic (exact) mass is 301 g/mol. The first-order valence-corrected chi connectivity index (χ1v) is 8.29. The fourth-order valence-corrected chi connectivity index (χ4v) is 2.29. The molecule has 0 radical (unpaired) electrons. The number of fused-ring (bicyclic) bond motifs is 1. The fourth-order valence-electron chi connectivity index (χ4n) is 2.29. The average molecular weight is 301 g/mol. The van der Waals surface area contributed by atoms with Gasteiger partial charge in [0.25, 0.3) is 0 Å². The van der Waals surface area contributed by atoms with E-state index in [1.54, 1.807) is 0 Å². The Bertz CT molecular complexity index is 555. The number of nitrogens with one attached hydrogen (secondary N) is 3. The molecule has 0 saturated carbocycles. The molecular formula is C17H27N5. The van der Waals surface area contributed by atoms with Crippen molar-refractivity contribution in [1.29, 1.82) is 0 Å². The van der Waals surface area contributed by atoms with Gasteiger partial charge in [0, 0.05) is 26.1 Å². The Hall–Kier alpha value is -2.04. The van der Waals surface area contributed by atoms with Crippen LogP contribution >= 0.6 is 0 Å². The molecule has 0 amide bonds. The zero-order valence-electron chi connectivity index (χ0n) is 13.7. The van der Waals surface area contributed by atoms with Crippen LogP contribution in [-0.2, 0) is 6.42 Å². The first-order chi connectivity index (χ1) is 10.8. The number of para-hydroxylation sites is 2. The number of aromatic amines is 1. The van der Waals surface area contributed by atoms with Crippen LogP contribution in [0.1, 0.15) is 38.9 Å². The molecule has 3 N–H and O–H groups in total. The van der Waals surface area contributed by atoms with Crippen LogP contribution in [0, 0.1) is 0 Å². The number of H-pyrrole nitrogens is 1. The predicted octanol–water partition coefficient (Wildman–Crippen LogP) is 2.85. The van der Waals surface area contributed by atoms with E-state index in [9.17, 15) is 0 Å². The smallest absolute Gasteiger partial charge is 0.191 e. The first-order valence-electron chi connectivity index (χ1n) is 8.29. The Balaban J connectivity index is 1.79. The third-order valence-electron chi connectivity index (χ3n) is 3.45. The molecule has 0 saturated heterocycles. The van der Waals surface area contributed by atoms with Crippen LogP contribution in [0.25, 0.3) is 11.0 Å². The van der Waals surface area contributed by atoms with Crippen LogP contribution < -0.4 is 10.6 Å². The molecule has 2 rings (SSSR count). The summed E-state index contributed by atoms with van der Waals surface area (Å²) < 4.78 is 0. The summed E-state index contributed by atoms with van der Waals surface area (Å²) in [5, 5.41) is 6.63. The van der Waals surface area contributed by atoms with Gasteiger partial charge in [-0.25, -0.2) is 4.98 Å². The van der Waals surface area contributed by atoms with Gasteiger partial charge >= 0.3 is 0 Å². The fraction of sp³-hybridized carbons (Fsp3) is 0.529. The Morgan fingerprint density at radius 1 is 1.18 bits per heavy atom. The minimum Gasteiger partial charge on any atom is -0.357 e. The molecule has 0 bridgehead atoms. The number of benzene rings is 1. The van der Waals surface area contributed by atoms with Crippen molar-refractivity contribution in [2.24, 2.45) is 4.99 Å². The van der Waals surface area contributed by atoms with Crippen molar-refractivity contribution < 1.29 is 0 Å². The van der Waals surface area contributed by atoms with Crippen molar-refractivity contribution >= 4 is 17.0 Å². The lowest BCUT2D eigenvalue weighted by Crippen LogP contribution is -2.37. The molecule has 0 aliphatic rings. The number of imidazole rings is 1. The van der Waals surface area contributed by atoms with Crippen LogP contribution in [-0.4, -0.2) is 35.6 Å². The van der Waals surface area contributed by atoms with Crippen LogP contribution in [0.2, 0.25) is 0 Å². The van der Waals surface area contributed by atoms with Gasteiger partial charge in [0.1, 0.15) is 5.82 Å². The van der Waals surface area contributed by atoms with E-state index in [2.05, 4.69) is 45.5 Å². The molecule has 0 aliphatic heterocycles. The standard InChI is InChI=1S/C17H27N5/c1-3-5-12-19-17(18-4-2)20-13-8-11-16-21-14-9-6-7-10-15(14)22-16/h6-7,9-10H,3-5,8,11-13H2,1-2H3,(H,21,22)(H2,18,19,20). The number of guanidine groups is 1. The number of unbranched alkanes of at least 4 members (excludes halogenated alkanes) is 1. The summed E-state index contributed by atoms with van der Waals surface area (Å²) in [7, 11) is 0. The molecule has 1 aromatic carbocycles. The zero-order valence-corrected chi connectivity index (χ0v) is 13.7. The predicted molar refractivity (Wildman–Crippen MR) is 93.3 cm³/mol. The SMILES string of the molecule is CCCCNC(=NCCCc1nc2ccccc2[nH]1)NCC. The highest BCUT2D eigenvalue weighted by atomic mass is 15.2. The summed E-state index contributed by atoms with van der Waals surface area (Å²) >= 11 is 0. The number of rotatable bonds is 8. The van der Waals surface area contributed by atoms with E-state index in [-0.39, 0.29) is 0 Å². The highest BCUT2D eigenvalue weighted by molar-refractivity contribution is 5.79. The molecule has 0 atom stereocenters. The lowest BCUT2D eigenvalue weighted by Gasteiger charge is -2.10. The summed E-state index contributed by atoms with van der Waals surface area (Å²) in [5.74, 6) is 1.96. The molecular weight excluding hydrogens is 274 g/mol. The van der Waals surface area contributed by atoms with Crippen LogP contribution in [0.15, 0.2) is 29.3 Å². The molecule has 5 heteroatoms. The number of aliphatic imine (C=N–C) groups is 1. The number of hydrogen-bond donors (Lipinski definition) is 3.